The van der Waals surface area contributed by atoms with Crippen LogP contribution in [0.25, 0.3) is 0 Å². The third kappa shape index (κ3) is 3.73. The van der Waals surface area contributed by atoms with Gasteiger partial charge in [-0.3, -0.25) is 4.79 Å². The van der Waals surface area contributed by atoms with Crippen LogP contribution in [0.15, 0.2) is 48.6 Å². The SMILES string of the molecule is O=C(NCC1CCCO1)c1ccc2c(c1)C1C=CCC1C(c1ccc(Cl)cc1Cl)N2. The number of rotatable bonds is 4. The third-order valence-electron chi connectivity index (χ3n) is 6.44. The Labute approximate surface area is 186 Å². The highest BCUT2D eigenvalue weighted by atomic mass is 35.5. The van der Waals surface area contributed by atoms with Crippen LogP contribution in [0.5, 0.6) is 0 Å². The fourth-order valence-electron chi connectivity index (χ4n) is 4.91. The van der Waals surface area contributed by atoms with Gasteiger partial charge < -0.3 is 15.4 Å². The molecule has 2 heterocycles. The first-order chi connectivity index (χ1) is 14.6. The van der Waals surface area contributed by atoms with E-state index >= 15 is 0 Å². The van der Waals surface area contributed by atoms with Crippen molar-refractivity contribution in [2.45, 2.75) is 37.3 Å². The van der Waals surface area contributed by atoms with E-state index in [4.69, 9.17) is 27.9 Å². The van der Waals surface area contributed by atoms with E-state index in [9.17, 15) is 4.79 Å². The van der Waals surface area contributed by atoms with Crippen molar-refractivity contribution >= 4 is 34.8 Å². The van der Waals surface area contributed by atoms with E-state index in [1.165, 1.54) is 5.56 Å². The largest absolute Gasteiger partial charge is 0.378 e. The predicted octanol–water partition coefficient (Wildman–Crippen LogP) is 5.73. The van der Waals surface area contributed by atoms with Crippen LogP contribution in [0.3, 0.4) is 0 Å². The molecule has 156 valence electrons. The summed E-state index contributed by atoms with van der Waals surface area (Å²) in [6.07, 6.45) is 7.68. The van der Waals surface area contributed by atoms with E-state index in [2.05, 4.69) is 22.8 Å². The number of amides is 1. The van der Waals surface area contributed by atoms with E-state index in [-0.39, 0.29) is 24.0 Å². The summed E-state index contributed by atoms with van der Waals surface area (Å²) < 4.78 is 5.60. The Hall–Kier alpha value is -2.01. The van der Waals surface area contributed by atoms with Crippen molar-refractivity contribution in [1.29, 1.82) is 0 Å². The maximum absolute atomic E-state index is 12.7. The van der Waals surface area contributed by atoms with E-state index in [0.29, 0.717) is 28.1 Å². The number of benzene rings is 2. The molecule has 3 aliphatic rings. The van der Waals surface area contributed by atoms with E-state index < -0.39 is 0 Å². The van der Waals surface area contributed by atoms with E-state index in [0.717, 1.165) is 37.1 Å². The first kappa shape index (κ1) is 19.9. The second kappa shape index (κ2) is 8.26. The summed E-state index contributed by atoms with van der Waals surface area (Å²) >= 11 is 12.6. The molecule has 30 heavy (non-hydrogen) atoms. The molecule has 1 fully saturated rings. The molecule has 0 radical (unpaired) electrons. The van der Waals surface area contributed by atoms with Gasteiger partial charge in [-0.1, -0.05) is 41.4 Å². The summed E-state index contributed by atoms with van der Waals surface area (Å²) in [6.45, 7) is 1.36. The number of fused-ring (bicyclic) bond motifs is 3. The minimum Gasteiger partial charge on any atom is -0.378 e. The average Bonchev–Trinajstić information content (AvgIpc) is 3.43. The maximum atomic E-state index is 12.7. The van der Waals surface area contributed by atoms with Crippen molar-refractivity contribution in [2.24, 2.45) is 5.92 Å². The summed E-state index contributed by atoms with van der Waals surface area (Å²) in [4.78, 5) is 12.7. The van der Waals surface area contributed by atoms with Gasteiger partial charge in [0.2, 0.25) is 0 Å². The summed E-state index contributed by atoms with van der Waals surface area (Å²) in [5.74, 6) is 0.556. The molecule has 0 spiro atoms. The van der Waals surface area contributed by atoms with Gasteiger partial charge in [-0.15, -0.1) is 0 Å². The fourth-order valence-corrected chi connectivity index (χ4v) is 5.44. The van der Waals surface area contributed by atoms with Crippen LogP contribution in [0.1, 0.15) is 52.7 Å². The normalized spacial score (nSPS) is 26.7. The van der Waals surface area contributed by atoms with Gasteiger partial charge in [0.1, 0.15) is 0 Å². The van der Waals surface area contributed by atoms with Gasteiger partial charge in [0.25, 0.3) is 5.91 Å². The second-order valence-corrected chi connectivity index (χ2v) is 9.13. The van der Waals surface area contributed by atoms with Gasteiger partial charge in [-0.25, -0.2) is 0 Å². The first-order valence-electron chi connectivity index (χ1n) is 10.5. The van der Waals surface area contributed by atoms with Crippen LogP contribution in [0.2, 0.25) is 10.0 Å². The van der Waals surface area contributed by atoms with Crippen molar-refractivity contribution in [3.8, 4) is 0 Å². The molecular weight excluding hydrogens is 419 g/mol. The molecule has 2 aliphatic heterocycles. The minimum atomic E-state index is -0.0466. The fraction of sp³-hybridized carbons (Fsp3) is 0.375. The molecular formula is C24H24Cl2N2O2. The molecule has 4 nitrogen and oxygen atoms in total. The van der Waals surface area contributed by atoms with Gasteiger partial charge in [-0.2, -0.15) is 0 Å². The first-order valence-corrected chi connectivity index (χ1v) is 11.3. The minimum absolute atomic E-state index is 0.0466. The Morgan fingerprint density at radius 1 is 1.17 bits per heavy atom. The summed E-state index contributed by atoms with van der Waals surface area (Å²) in [5.41, 5.74) is 3.97. The number of ether oxygens (including phenoxy) is 1. The third-order valence-corrected chi connectivity index (χ3v) is 7.00. The van der Waals surface area contributed by atoms with Crippen LogP contribution in [-0.2, 0) is 4.74 Å². The lowest BCUT2D eigenvalue weighted by atomic mass is 9.76. The molecule has 4 atom stereocenters. The lowest BCUT2D eigenvalue weighted by Gasteiger charge is -2.38. The molecule has 4 unspecified atom stereocenters. The standard InChI is InChI=1S/C24H24Cl2N2O2/c25-15-7-8-19(21(26)12-15)23-18-5-1-4-17(18)20-11-14(6-9-22(20)28-23)24(29)27-13-16-3-2-10-30-16/h1,4,6-9,11-12,16-18,23,28H,2-3,5,10,13H2,(H,27,29). The smallest absolute Gasteiger partial charge is 0.251 e. The molecule has 2 aromatic rings. The number of hydrogen-bond acceptors (Lipinski definition) is 3. The quantitative estimate of drug-likeness (QED) is 0.594. The zero-order chi connectivity index (χ0) is 20.7. The van der Waals surface area contributed by atoms with Crippen LogP contribution in [-0.4, -0.2) is 25.2 Å². The Morgan fingerprint density at radius 3 is 2.87 bits per heavy atom. The molecule has 1 amide bonds. The average molecular weight is 443 g/mol. The molecule has 0 bridgehead atoms. The van der Waals surface area contributed by atoms with E-state index in [1.54, 1.807) is 6.07 Å². The van der Waals surface area contributed by atoms with Crippen molar-refractivity contribution in [2.75, 3.05) is 18.5 Å². The molecule has 6 heteroatoms. The number of allylic oxidation sites excluding steroid dienone is 2. The van der Waals surface area contributed by atoms with Gasteiger partial charge in [0.15, 0.2) is 0 Å². The van der Waals surface area contributed by atoms with Gasteiger partial charge >= 0.3 is 0 Å². The predicted molar refractivity (Wildman–Crippen MR) is 121 cm³/mol. The molecule has 1 saturated heterocycles. The number of carbonyl (C=O) groups excluding carboxylic acids is 1. The summed E-state index contributed by atoms with van der Waals surface area (Å²) in [5, 5.41) is 8.01. The van der Waals surface area contributed by atoms with Crippen molar-refractivity contribution in [3.63, 3.8) is 0 Å². The molecule has 2 N–H and O–H groups in total. The maximum Gasteiger partial charge on any atom is 0.251 e. The summed E-state index contributed by atoms with van der Waals surface area (Å²) in [6, 6.07) is 11.7. The topological polar surface area (TPSA) is 50.4 Å². The molecule has 5 rings (SSSR count). The van der Waals surface area contributed by atoms with Crippen LogP contribution in [0.4, 0.5) is 5.69 Å². The van der Waals surface area contributed by atoms with Crippen molar-refractivity contribution in [3.05, 3.63) is 75.3 Å². The Bertz CT molecular complexity index is 1000. The van der Waals surface area contributed by atoms with E-state index in [1.807, 2.05) is 30.3 Å². The molecule has 0 aromatic heterocycles. The van der Waals surface area contributed by atoms with Crippen LogP contribution in [0, 0.1) is 5.92 Å². The van der Waals surface area contributed by atoms with Crippen LogP contribution < -0.4 is 10.6 Å². The number of anilines is 1. The Balaban J connectivity index is 1.40. The number of carbonyl (C=O) groups is 1. The molecule has 1 aliphatic carbocycles. The van der Waals surface area contributed by atoms with Gasteiger partial charge in [-0.05, 0) is 66.6 Å². The number of halogens is 2. The lowest BCUT2D eigenvalue weighted by molar-refractivity contribution is 0.0857. The Kier molecular flexibility index (Phi) is 5.48. The highest BCUT2D eigenvalue weighted by Crippen LogP contribution is 2.51. The van der Waals surface area contributed by atoms with Gasteiger partial charge in [0.05, 0.1) is 12.1 Å². The Morgan fingerprint density at radius 2 is 2.07 bits per heavy atom. The second-order valence-electron chi connectivity index (χ2n) is 8.29. The highest BCUT2D eigenvalue weighted by Gasteiger charge is 2.39. The zero-order valence-corrected chi connectivity index (χ0v) is 18.0. The van der Waals surface area contributed by atoms with Gasteiger partial charge in [0, 0.05) is 40.4 Å². The van der Waals surface area contributed by atoms with Crippen molar-refractivity contribution < 1.29 is 9.53 Å². The summed E-state index contributed by atoms with van der Waals surface area (Å²) in [7, 11) is 0. The molecule has 2 aromatic carbocycles. The van der Waals surface area contributed by atoms with Crippen molar-refractivity contribution in [1.82, 2.24) is 5.32 Å². The number of nitrogens with one attached hydrogen (secondary N) is 2. The highest BCUT2D eigenvalue weighted by molar-refractivity contribution is 6.35. The lowest BCUT2D eigenvalue weighted by Crippen LogP contribution is -2.32. The molecule has 0 saturated carbocycles. The van der Waals surface area contributed by atoms with Crippen LogP contribution >= 0.6 is 23.2 Å². The number of hydrogen-bond donors (Lipinski definition) is 2. The monoisotopic (exact) mass is 442 g/mol. The zero-order valence-electron chi connectivity index (χ0n) is 16.5.